The van der Waals surface area contributed by atoms with E-state index in [0.29, 0.717) is 17.0 Å². The molecule has 1 amide bonds. The second kappa shape index (κ2) is 6.70. The summed E-state index contributed by atoms with van der Waals surface area (Å²) in [6.45, 7) is 0. The zero-order valence-corrected chi connectivity index (χ0v) is 13.9. The van der Waals surface area contributed by atoms with E-state index in [9.17, 15) is 13.2 Å². The molecule has 0 saturated carbocycles. The molecule has 0 aliphatic carbocycles. The highest BCUT2D eigenvalue weighted by Gasteiger charge is 2.21. The van der Waals surface area contributed by atoms with Gasteiger partial charge in [0.05, 0.1) is 17.7 Å². The Labute approximate surface area is 135 Å². The lowest BCUT2D eigenvalue weighted by atomic mass is 10.2. The fourth-order valence-electron chi connectivity index (χ4n) is 2.01. The molecule has 23 heavy (non-hydrogen) atoms. The molecule has 0 spiro atoms. The number of anilines is 1. The Morgan fingerprint density at radius 2 is 1.61 bits per heavy atom. The van der Waals surface area contributed by atoms with Crippen molar-refractivity contribution >= 4 is 21.6 Å². The lowest BCUT2D eigenvalue weighted by Gasteiger charge is -2.20. The monoisotopic (exact) mass is 334 g/mol. The molecule has 0 saturated heterocycles. The van der Waals surface area contributed by atoms with Gasteiger partial charge in [-0.1, -0.05) is 0 Å². The van der Waals surface area contributed by atoms with Crippen LogP contribution in [0.5, 0.6) is 5.75 Å². The second-order valence-corrected chi connectivity index (χ2v) is 6.74. The van der Waals surface area contributed by atoms with E-state index < -0.39 is 10.0 Å². The van der Waals surface area contributed by atoms with Crippen LogP contribution in [0.3, 0.4) is 0 Å². The van der Waals surface area contributed by atoms with Crippen LogP contribution in [-0.4, -0.2) is 35.5 Å². The quantitative estimate of drug-likeness (QED) is 0.906. The first-order chi connectivity index (χ1) is 10.9. The van der Waals surface area contributed by atoms with E-state index in [4.69, 9.17) is 4.74 Å². The van der Waals surface area contributed by atoms with Crippen LogP contribution in [0.15, 0.2) is 53.4 Å². The maximum atomic E-state index is 12.6. The molecule has 0 atom stereocenters. The van der Waals surface area contributed by atoms with Crippen LogP contribution in [0, 0.1) is 0 Å². The van der Waals surface area contributed by atoms with Crippen LogP contribution in [-0.2, 0) is 10.0 Å². The summed E-state index contributed by atoms with van der Waals surface area (Å²) in [5.41, 5.74) is 0.931. The van der Waals surface area contributed by atoms with Gasteiger partial charge in [-0.25, -0.2) is 8.42 Å². The molecule has 0 aromatic heterocycles. The Balaban J connectivity index is 2.30. The molecule has 1 N–H and O–H groups in total. The zero-order chi connectivity index (χ0) is 17.0. The van der Waals surface area contributed by atoms with Gasteiger partial charge in [0.1, 0.15) is 5.75 Å². The van der Waals surface area contributed by atoms with Crippen LogP contribution < -0.4 is 14.4 Å². The number of benzene rings is 2. The van der Waals surface area contributed by atoms with Crippen LogP contribution in [0.25, 0.3) is 0 Å². The van der Waals surface area contributed by atoms with Crippen molar-refractivity contribution in [2.45, 2.75) is 4.90 Å². The molecule has 0 fully saturated rings. The minimum Gasteiger partial charge on any atom is -0.497 e. The summed E-state index contributed by atoms with van der Waals surface area (Å²) in [4.78, 5) is 11.7. The average Bonchev–Trinajstić information content (AvgIpc) is 2.60. The van der Waals surface area contributed by atoms with Crippen LogP contribution >= 0.6 is 0 Å². The van der Waals surface area contributed by atoms with Gasteiger partial charge in [-0.2, -0.15) is 0 Å². The minimum atomic E-state index is -3.68. The highest BCUT2D eigenvalue weighted by atomic mass is 32.2. The van der Waals surface area contributed by atoms with E-state index >= 15 is 0 Å². The Morgan fingerprint density at radius 1 is 1.04 bits per heavy atom. The van der Waals surface area contributed by atoms with Crippen LogP contribution in [0.1, 0.15) is 10.4 Å². The topological polar surface area (TPSA) is 75.7 Å². The summed E-state index contributed by atoms with van der Waals surface area (Å²) in [7, 11) is 0.844. The van der Waals surface area contributed by atoms with Gasteiger partial charge >= 0.3 is 0 Å². The van der Waals surface area contributed by atoms with Crippen LogP contribution in [0.2, 0.25) is 0 Å². The second-order valence-electron chi connectivity index (χ2n) is 4.77. The molecule has 7 heteroatoms. The van der Waals surface area contributed by atoms with Crippen molar-refractivity contribution in [2.75, 3.05) is 25.5 Å². The van der Waals surface area contributed by atoms with Crippen molar-refractivity contribution in [1.29, 1.82) is 0 Å². The third-order valence-corrected chi connectivity index (χ3v) is 5.24. The maximum absolute atomic E-state index is 12.6. The number of nitrogens with zero attached hydrogens (tertiary/aromatic N) is 1. The largest absolute Gasteiger partial charge is 0.497 e. The Morgan fingerprint density at radius 3 is 2.09 bits per heavy atom. The normalized spacial score (nSPS) is 10.9. The SMILES string of the molecule is CNC(=O)c1ccc(N(C)S(=O)(=O)c2ccc(OC)cc2)cc1. The van der Waals surface area contributed by atoms with Crippen molar-refractivity contribution in [3.05, 3.63) is 54.1 Å². The number of amides is 1. The number of carbonyl (C=O) groups is 1. The van der Waals surface area contributed by atoms with Crippen molar-refractivity contribution in [1.82, 2.24) is 5.32 Å². The van der Waals surface area contributed by atoms with Gasteiger partial charge in [0.25, 0.3) is 15.9 Å². The zero-order valence-electron chi connectivity index (χ0n) is 13.1. The first kappa shape index (κ1) is 16.8. The number of rotatable bonds is 5. The van der Waals surface area contributed by atoms with Gasteiger partial charge in [0, 0.05) is 19.7 Å². The smallest absolute Gasteiger partial charge is 0.264 e. The number of hydrogen-bond acceptors (Lipinski definition) is 4. The summed E-state index contributed by atoms with van der Waals surface area (Å²) < 4.78 is 31.4. The van der Waals surface area contributed by atoms with Gasteiger partial charge < -0.3 is 10.1 Å². The predicted molar refractivity (Wildman–Crippen MR) is 88.4 cm³/mol. The first-order valence-electron chi connectivity index (χ1n) is 6.85. The Bertz CT molecular complexity index is 784. The lowest BCUT2D eigenvalue weighted by Crippen LogP contribution is -2.26. The molecule has 0 radical (unpaired) electrons. The highest BCUT2D eigenvalue weighted by molar-refractivity contribution is 7.92. The third kappa shape index (κ3) is 3.45. The van der Waals surface area contributed by atoms with E-state index in [2.05, 4.69) is 5.32 Å². The molecule has 0 heterocycles. The van der Waals surface area contributed by atoms with E-state index in [1.54, 1.807) is 36.4 Å². The standard InChI is InChI=1S/C16H18N2O4S/c1-17-16(19)12-4-6-13(7-5-12)18(2)23(20,21)15-10-8-14(22-3)9-11-15/h4-11H,1-3H3,(H,17,19). The number of methoxy groups -OCH3 is 1. The van der Waals surface area contributed by atoms with Gasteiger partial charge in [0.2, 0.25) is 0 Å². The number of nitrogens with one attached hydrogen (secondary N) is 1. The molecule has 0 aliphatic heterocycles. The molecule has 2 aromatic carbocycles. The van der Waals surface area contributed by atoms with Gasteiger partial charge in [0.15, 0.2) is 0 Å². The number of ether oxygens (including phenoxy) is 1. The fraction of sp³-hybridized carbons (Fsp3) is 0.188. The summed E-state index contributed by atoms with van der Waals surface area (Å²) >= 11 is 0. The number of carbonyl (C=O) groups excluding carboxylic acids is 1. The summed E-state index contributed by atoms with van der Waals surface area (Å²) in [6, 6.07) is 12.5. The molecular formula is C16H18N2O4S. The number of hydrogen-bond donors (Lipinski definition) is 1. The van der Waals surface area contributed by atoms with Gasteiger partial charge in [-0.15, -0.1) is 0 Å². The first-order valence-corrected chi connectivity index (χ1v) is 8.29. The molecule has 0 bridgehead atoms. The third-order valence-electron chi connectivity index (χ3n) is 3.44. The van der Waals surface area contributed by atoms with E-state index in [1.807, 2.05) is 0 Å². The Kier molecular flexibility index (Phi) is 4.90. The summed E-state index contributed by atoms with van der Waals surface area (Å²) in [5, 5.41) is 2.51. The van der Waals surface area contributed by atoms with E-state index in [0.717, 1.165) is 0 Å². The van der Waals surface area contributed by atoms with Crippen LogP contribution in [0.4, 0.5) is 5.69 Å². The van der Waals surface area contributed by atoms with Crippen molar-refractivity contribution in [2.24, 2.45) is 0 Å². The highest BCUT2D eigenvalue weighted by Crippen LogP contribution is 2.24. The summed E-state index contributed by atoms with van der Waals surface area (Å²) in [6.07, 6.45) is 0. The van der Waals surface area contributed by atoms with E-state index in [-0.39, 0.29) is 10.8 Å². The van der Waals surface area contributed by atoms with Crippen molar-refractivity contribution in [3.63, 3.8) is 0 Å². The van der Waals surface area contributed by atoms with Crippen molar-refractivity contribution < 1.29 is 17.9 Å². The van der Waals surface area contributed by atoms with Gasteiger partial charge in [-0.3, -0.25) is 9.10 Å². The predicted octanol–water partition coefficient (Wildman–Crippen LogP) is 1.88. The molecule has 122 valence electrons. The van der Waals surface area contributed by atoms with Crippen molar-refractivity contribution in [3.8, 4) is 5.75 Å². The Hall–Kier alpha value is -2.54. The number of sulfonamides is 1. The molecule has 6 nitrogen and oxygen atoms in total. The lowest BCUT2D eigenvalue weighted by molar-refractivity contribution is 0.0963. The molecular weight excluding hydrogens is 316 g/mol. The molecule has 0 aliphatic rings. The molecule has 0 unspecified atom stereocenters. The minimum absolute atomic E-state index is 0.163. The average molecular weight is 334 g/mol. The van der Waals surface area contributed by atoms with Gasteiger partial charge in [-0.05, 0) is 48.5 Å². The fourth-order valence-corrected chi connectivity index (χ4v) is 3.21. The molecule has 2 aromatic rings. The molecule has 2 rings (SSSR count). The maximum Gasteiger partial charge on any atom is 0.264 e. The van der Waals surface area contributed by atoms with E-state index in [1.165, 1.54) is 37.6 Å². The summed E-state index contributed by atoms with van der Waals surface area (Å²) in [5.74, 6) is 0.360.